The molecule has 0 aliphatic carbocycles. The van der Waals surface area contributed by atoms with Gasteiger partial charge < -0.3 is 18.1 Å². The van der Waals surface area contributed by atoms with Gasteiger partial charge in [0.2, 0.25) is 5.75 Å². The number of hydrogen-bond donors (Lipinski definition) is 1. The summed E-state index contributed by atoms with van der Waals surface area (Å²) in [6.45, 7) is 0. The summed E-state index contributed by atoms with van der Waals surface area (Å²) in [5.74, 6) is 0.224. The number of methoxy groups -OCH3 is 1. The smallest absolute Gasteiger partial charge is 0.336 e. The standard InChI is InChI=1S/C12H8O6S/c1-16-11-9-7(4-5-17-9)12(19(14)15)6-2-3-8(13)18-10(6)11/h2-5H,1H3,(H,14,15). The quantitative estimate of drug-likeness (QED) is 0.571. The second kappa shape index (κ2) is 4.22. The van der Waals surface area contributed by atoms with Crippen molar-refractivity contribution < 1.29 is 22.3 Å². The Balaban J connectivity index is 2.67. The number of benzene rings is 1. The first-order valence-electron chi connectivity index (χ1n) is 5.25. The fourth-order valence-electron chi connectivity index (χ4n) is 2.05. The van der Waals surface area contributed by atoms with Crippen LogP contribution < -0.4 is 10.4 Å². The molecule has 19 heavy (non-hydrogen) atoms. The van der Waals surface area contributed by atoms with Gasteiger partial charge in [0, 0.05) is 16.8 Å². The highest BCUT2D eigenvalue weighted by Crippen LogP contribution is 2.39. The number of furan rings is 1. The molecule has 0 aliphatic heterocycles. The van der Waals surface area contributed by atoms with Gasteiger partial charge in [0.1, 0.15) is 0 Å². The van der Waals surface area contributed by atoms with Crippen molar-refractivity contribution in [3.05, 3.63) is 34.9 Å². The van der Waals surface area contributed by atoms with Gasteiger partial charge in [-0.1, -0.05) is 0 Å². The number of fused-ring (bicyclic) bond motifs is 2. The lowest BCUT2D eigenvalue weighted by molar-refractivity contribution is 0.402. The van der Waals surface area contributed by atoms with Crippen molar-refractivity contribution in [2.75, 3.05) is 7.11 Å². The Morgan fingerprint density at radius 3 is 2.63 bits per heavy atom. The predicted molar refractivity (Wildman–Crippen MR) is 67.8 cm³/mol. The molecule has 0 saturated heterocycles. The molecule has 1 N–H and O–H groups in total. The van der Waals surface area contributed by atoms with E-state index in [0.717, 1.165) is 0 Å². The van der Waals surface area contributed by atoms with E-state index < -0.39 is 16.7 Å². The molecule has 0 aliphatic rings. The van der Waals surface area contributed by atoms with Gasteiger partial charge in [-0.25, -0.2) is 9.00 Å². The zero-order chi connectivity index (χ0) is 13.6. The molecule has 98 valence electrons. The van der Waals surface area contributed by atoms with Crippen LogP contribution in [0.25, 0.3) is 21.9 Å². The maximum absolute atomic E-state index is 11.5. The van der Waals surface area contributed by atoms with E-state index in [1.54, 1.807) is 6.07 Å². The van der Waals surface area contributed by atoms with Crippen molar-refractivity contribution in [1.82, 2.24) is 0 Å². The van der Waals surface area contributed by atoms with Gasteiger partial charge in [-0.05, 0) is 12.1 Å². The molecule has 0 radical (unpaired) electrons. The molecule has 1 atom stereocenters. The topological polar surface area (TPSA) is 89.9 Å². The molecule has 2 aromatic heterocycles. The van der Waals surface area contributed by atoms with Gasteiger partial charge in [-0.2, -0.15) is 0 Å². The lowest BCUT2D eigenvalue weighted by Crippen LogP contribution is -2.00. The van der Waals surface area contributed by atoms with E-state index in [-0.39, 0.29) is 21.8 Å². The van der Waals surface area contributed by atoms with Crippen LogP contribution in [0.3, 0.4) is 0 Å². The largest absolute Gasteiger partial charge is 0.490 e. The zero-order valence-corrected chi connectivity index (χ0v) is 10.5. The Kier molecular flexibility index (Phi) is 2.65. The summed E-state index contributed by atoms with van der Waals surface area (Å²) >= 11 is -2.25. The molecule has 0 bridgehead atoms. The molecule has 0 fully saturated rings. The Hall–Kier alpha value is -2.12. The van der Waals surface area contributed by atoms with Gasteiger partial charge in [0.25, 0.3) is 0 Å². The highest BCUT2D eigenvalue weighted by molar-refractivity contribution is 7.79. The molecule has 3 rings (SSSR count). The minimum Gasteiger partial charge on any atom is -0.490 e. The second-order valence-electron chi connectivity index (χ2n) is 3.77. The minimum atomic E-state index is -2.25. The van der Waals surface area contributed by atoms with Crippen LogP contribution in [0.1, 0.15) is 0 Å². The fourth-order valence-corrected chi connectivity index (χ4v) is 2.75. The van der Waals surface area contributed by atoms with E-state index in [2.05, 4.69) is 0 Å². The van der Waals surface area contributed by atoms with Crippen molar-refractivity contribution in [3.8, 4) is 5.75 Å². The van der Waals surface area contributed by atoms with Crippen LogP contribution >= 0.6 is 0 Å². The van der Waals surface area contributed by atoms with Crippen LogP contribution in [-0.4, -0.2) is 15.9 Å². The lowest BCUT2D eigenvalue weighted by Gasteiger charge is -2.08. The number of rotatable bonds is 2. The van der Waals surface area contributed by atoms with E-state index in [9.17, 15) is 13.6 Å². The predicted octanol–water partition coefficient (Wildman–Crippen LogP) is 2.13. The van der Waals surface area contributed by atoms with E-state index in [1.165, 1.54) is 25.5 Å². The summed E-state index contributed by atoms with van der Waals surface area (Å²) in [5, 5.41) is 0.783. The van der Waals surface area contributed by atoms with Gasteiger partial charge in [-0.15, -0.1) is 0 Å². The average Bonchev–Trinajstić information content (AvgIpc) is 2.83. The monoisotopic (exact) mass is 280 g/mol. The Labute approximate surface area is 108 Å². The van der Waals surface area contributed by atoms with Gasteiger partial charge in [-0.3, -0.25) is 0 Å². The maximum Gasteiger partial charge on any atom is 0.336 e. The molecular weight excluding hydrogens is 272 g/mol. The van der Waals surface area contributed by atoms with Gasteiger partial charge in [0.15, 0.2) is 22.2 Å². The molecule has 7 heteroatoms. The highest BCUT2D eigenvalue weighted by atomic mass is 32.2. The minimum absolute atomic E-state index is 0.0925. The SMILES string of the molecule is COc1c2occc2c(S(=O)O)c2ccc(=O)oc12. The molecular formula is C12H8O6S. The lowest BCUT2D eigenvalue weighted by atomic mass is 10.1. The molecule has 1 unspecified atom stereocenters. The van der Waals surface area contributed by atoms with Crippen LogP contribution in [0, 0.1) is 0 Å². The molecule has 0 amide bonds. The first kappa shape index (κ1) is 11.9. The van der Waals surface area contributed by atoms with Crippen molar-refractivity contribution in [2.24, 2.45) is 0 Å². The molecule has 2 heterocycles. The second-order valence-corrected chi connectivity index (χ2v) is 4.68. The summed E-state index contributed by atoms with van der Waals surface area (Å²) in [5.41, 5.74) is -0.219. The van der Waals surface area contributed by atoms with Crippen LogP contribution in [-0.2, 0) is 11.1 Å². The summed E-state index contributed by atoms with van der Waals surface area (Å²) in [7, 11) is 1.40. The Morgan fingerprint density at radius 1 is 1.21 bits per heavy atom. The summed E-state index contributed by atoms with van der Waals surface area (Å²) in [6, 6.07) is 4.18. The van der Waals surface area contributed by atoms with Gasteiger partial charge in [0.05, 0.1) is 18.3 Å². The Morgan fingerprint density at radius 2 is 1.95 bits per heavy atom. The fraction of sp³-hybridized carbons (Fsp3) is 0.0833. The number of hydrogen-bond acceptors (Lipinski definition) is 5. The third-order valence-electron chi connectivity index (χ3n) is 2.78. The first-order chi connectivity index (χ1) is 9.13. The molecule has 0 spiro atoms. The first-order valence-corrected chi connectivity index (χ1v) is 6.36. The van der Waals surface area contributed by atoms with Crippen molar-refractivity contribution in [3.63, 3.8) is 0 Å². The average molecular weight is 280 g/mol. The maximum atomic E-state index is 11.5. The van der Waals surface area contributed by atoms with Crippen LogP contribution in [0.2, 0.25) is 0 Å². The summed E-state index contributed by atoms with van der Waals surface area (Å²) in [6.07, 6.45) is 1.38. The summed E-state index contributed by atoms with van der Waals surface area (Å²) in [4.78, 5) is 11.4. The summed E-state index contributed by atoms with van der Waals surface area (Å²) < 4.78 is 36.5. The highest BCUT2D eigenvalue weighted by Gasteiger charge is 2.21. The van der Waals surface area contributed by atoms with Gasteiger partial charge >= 0.3 is 5.63 Å². The third kappa shape index (κ3) is 1.66. The normalized spacial score (nSPS) is 12.9. The zero-order valence-electron chi connectivity index (χ0n) is 9.71. The third-order valence-corrected chi connectivity index (χ3v) is 3.57. The molecule has 3 aromatic rings. The van der Waals surface area contributed by atoms with Crippen molar-refractivity contribution >= 4 is 33.0 Å². The number of ether oxygens (including phenoxy) is 1. The van der Waals surface area contributed by atoms with E-state index in [4.69, 9.17) is 13.6 Å². The molecule has 0 saturated carbocycles. The van der Waals surface area contributed by atoms with Crippen LogP contribution in [0.5, 0.6) is 5.75 Å². The van der Waals surface area contributed by atoms with Crippen LogP contribution in [0.15, 0.2) is 43.0 Å². The van der Waals surface area contributed by atoms with E-state index in [1.807, 2.05) is 0 Å². The van der Waals surface area contributed by atoms with E-state index >= 15 is 0 Å². The Bertz CT molecular complexity index is 860. The van der Waals surface area contributed by atoms with Crippen molar-refractivity contribution in [1.29, 1.82) is 0 Å². The molecule has 6 nitrogen and oxygen atoms in total. The van der Waals surface area contributed by atoms with E-state index in [0.29, 0.717) is 10.8 Å². The van der Waals surface area contributed by atoms with Crippen LogP contribution in [0.4, 0.5) is 0 Å². The van der Waals surface area contributed by atoms with Crippen molar-refractivity contribution in [2.45, 2.75) is 4.90 Å². The molecule has 1 aromatic carbocycles.